The highest BCUT2D eigenvalue weighted by Gasteiger charge is 2.15. The number of hydrogen-bond acceptors (Lipinski definition) is 3. The lowest BCUT2D eigenvalue weighted by molar-refractivity contribution is -0.120. The van der Waals surface area contributed by atoms with E-state index in [0.717, 1.165) is 12.1 Å². The fraction of sp³-hybridized carbons (Fsp3) is 0.300. The molecule has 0 bridgehead atoms. The van der Waals surface area contributed by atoms with Crippen LogP contribution in [0.2, 0.25) is 0 Å². The molecule has 1 amide bonds. The van der Waals surface area contributed by atoms with Crippen LogP contribution in [0.15, 0.2) is 23.1 Å². The topological polar surface area (TPSA) is 86.2 Å². The Kier molecular flexibility index (Phi) is 4.00. The van der Waals surface area contributed by atoms with E-state index in [4.69, 9.17) is 11.5 Å². The number of rotatable bonds is 4. The van der Waals surface area contributed by atoms with Crippen LogP contribution in [0.5, 0.6) is 0 Å². The Morgan fingerprint density at radius 1 is 1.50 bits per heavy atom. The maximum atomic E-state index is 13.0. The second-order valence-electron chi connectivity index (χ2n) is 3.54. The molecule has 88 valence electrons. The molecule has 2 unspecified atom stereocenters. The highest BCUT2D eigenvalue weighted by Crippen LogP contribution is 2.16. The summed E-state index contributed by atoms with van der Waals surface area (Å²) in [6.07, 6.45) is 0. The van der Waals surface area contributed by atoms with Crippen LogP contribution < -0.4 is 11.5 Å². The van der Waals surface area contributed by atoms with E-state index in [1.165, 1.54) is 6.07 Å². The Morgan fingerprint density at radius 2 is 2.12 bits per heavy atom. The molecule has 0 saturated carbocycles. The van der Waals surface area contributed by atoms with Gasteiger partial charge in [0.05, 0.1) is 10.8 Å². The quantitative estimate of drug-likeness (QED) is 0.762. The van der Waals surface area contributed by atoms with E-state index < -0.39 is 28.4 Å². The zero-order valence-electron chi connectivity index (χ0n) is 8.77. The summed E-state index contributed by atoms with van der Waals surface area (Å²) >= 11 is 0. The van der Waals surface area contributed by atoms with Gasteiger partial charge in [-0.1, -0.05) is 6.92 Å². The maximum absolute atomic E-state index is 13.0. The number of carbonyl (C=O) groups is 1. The smallest absolute Gasteiger partial charge is 0.221 e. The Balaban J connectivity index is 2.84. The Bertz CT molecular complexity index is 417. The first-order valence-corrected chi connectivity index (χ1v) is 5.96. The third-order valence-electron chi connectivity index (χ3n) is 2.04. The summed E-state index contributed by atoms with van der Waals surface area (Å²) in [5, 5.41) is 0. The van der Waals surface area contributed by atoms with Gasteiger partial charge in [0, 0.05) is 22.3 Å². The van der Waals surface area contributed by atoms with Crippen molar-refractivity contribution in [2.75, 3.05) is 11.5 Å². The van der Waals surface area contributed by atoms with Gasteiger partial charge in [0.15, 0.2) is 0 Å². The minimum absolute atomic E-state index is 0.0677. The lowest BCUT2D eigenvalue weighted by Gasteiger charge is -2.07. The molecule has 1 rings (SSSR count). The molecule has 4 nitrogen and oxygen atoms in total. The van der Waals surface area contributed by atoms with Crippen LogP contribution in [-0.2, 0) is 15.6 Å². The predicted molar refractivity (Wildman–Crippen MR) is 60.4 cm³/mol. The van der Waals surface area contributed by atoms with Gasteiger partial charge in [0.1, 0.15) is 5.82 Å². The zero-order valence-corrected chi connectivity index (χ0v) is 9.59. The molecule has 0 aliphatic heterocycles. The molecule has 0 aliphatic rings. The van der Waals surface area contributed by atoms with Crippen LogP contribution in [0.1, 0.15) is 6.92 Å². The highest BCUT2D eigenvalue weighted by molar-refractivity contribution is 7.85. The fourth-order valence-corrected chi connectivity index (χ4v) is 2.44. The molecule has 16 heavy (non-hydrogen) atoms. The first-order valence-electron chi connectivity index (χ1n) is 4.64. The van der Waals surface area contributed by atoms with Crippen molar-refractivity contribution in [3.8, 4) is 0 Å². The van der Waals surface area contributed by atoms with Gasteiger partial charge in [-0.3, -0.25) is 9.00 Å². The summed E-state index contributed by atoms with van der Waals surface area (Å²) in [5.74, 6) is -1.53. The second-order valence-corrected chi connectivity index (χ2v) is 5.03. The molecule has 0 aliphatic carbocycles. The van der Waals surface area contributed by atoms with Crippen LogP contribution in [0.4, 0.5) is 10.1 Å². The van der Waals surface area contributed by atoms with Gasteiger partial charge in [-0.05, 0) is 18.2 Å². The number of carbonyl (C=O) groups excluding carboxylic acids is 1. The molecule has 4 N–H and O–H groups in total. The number of anilines is 1. The third kappa shape index (κ3) is 3.30. The van der Waals surface area contributed by atoms with E-state index in [0.29, 0.717) is 0 Å². The van der Waals surface area contributed by atoms with Crippen molar-refractivity contribution < 1.29 is 13.4 Å². The van der Waals surface area contributed by atoms with E-state index in [1.54, 1.807) is 6.92 Å². The monoisotopic (exact) mass is 244 g/mol. The first kappa shape index (κ1) is 12.6. The van der Waals surface area contributed by atoms with Crippen molar-refractivity contribution in [1.82, 2.24) is 0 Å². The molecule has 1 aromatic rings. The lowest BCUT2D eigenvalue weighted by atomic mass is 10.2. The van der Waals surface area contributed by atoms with Gasteiger partial charge in [-0.25, -0.2) is 4.39 Å². The molecular formula is C10H13FN2O2S. The van der Waals surface area contributed by atoms with Crippen LogP contribution >= 0.6 is 0 Å². The average molecular weight is 244 g/mol. The Morgan fingerprint density at radius 3 is 2.62 bits per heavy atom. The SMILES string of the molecule is CC(CS(=O)c1cc(N)cc(F)c1)C(N)=O. The van der Waals surface area contributed by atoms with Gasteiger partial charge >= 0.3 is 0 Å². The molecular weight excluding hydrogens is 231 g/mol. The standard InChI is InChI=1S/C10H13FN2O2S/c1-6(10(13)14)5-16(15)9-3-7(11)2-8(12)4-9/h2-4,6H,5,12H2,1H3,(H2,13,14). The molecule has 6 heteroatoms. The number of hydrogen-bond donors (Lipinski definition) is 2. The number of nitrogen functional groups attached to an aromatic ring is 1. The van der Waals surface area contributed by atoms with Crippen molar-refractivity contribution in [3.63, 3.8) is 0 Å². The van der Waals surface area contributed by atoms with E-state index in [2.05, 4.69) is 0 Å². The van der Waals surface area contributed by atoms with Crippen LogP contribution in [0.3, 0.4) is 0 Å². The minimum Gasteiger partial charge on any atom is -0.399 e. The highest BCUT2D eigenvalue weighted by atomic mass is 32.2. The van der Waals surface area contributed by atoms with Gasteiger partial charge in [0.2, 0.25) is 5.91 Å². The van der Waals surface area contributed by atoms with Crippen molar-refractivity contribution in [1.29, 1.82) is 0 Å². The molecule has 1 aromatic carbocycles. The van der Waals surface area contributed by atoms with E-state index in [-0.39, 0.29) is 16.3 Å². The van der Waals surface area contributed by atoms with Crippen molar-refractivity contribution in [2.45, 2.75) is 11.8 Å². The van der Waals surface area contributed by atoms with Crippen molar-refractivity contribution >= 4 is 22.4 Å². The lowest BCUT2D eigenvalue weighted by Crippen LogP contribution is -2.25. The summed E-state index contributed by atoms with van der Waals surface area (Å²) in [5.41, 5.74) is 10.7. The summed E-state index contributed by atoms with van der Waals surface area (Å²) in [6, 6.07) is 3.70. The molecule has 0 spiro atoms. The number of amides is 1. The summed E-state index contributed by atoms with van der Waals surface area (Å²) < 4.78 is 24.7. The van der Waals surface area contributed by atoms with E-state index in [9.17, 15) is 13.4 Å². The van der Waals surface area contributed by atoms with Gasteiger partial charge in [-0.2, -0.15) is 0 Å². The minimum atomic E-state index is -1.48. The Hall–Kier alpha value is -1.43. The summed E-state index contributed by atoms with van der Waals surface area (Å²) in [4.78, 5) is 11.1. The number of halogens is 1. The number of nitrogens with two attached hydrogens (primary N) is 2. The molecule has 2 atom stereocenters. The van der Waals surface area contributed by atoms with Crippen LogP contribution in [0, 0.1) is 11.7 Å². The van der Waals surface area contributed by atoms with Crippen molar-refractivity contribution in [2.24, 2.45) is 11.7 Å². The van der Waals surface area contributed by atoms with Gasteiger partial charge in [0.25, 0.3) is 0 Å². The largest absolute Gasteiger partial charge is 0.399 e. The van der Waals surface area contributed by atoms with E-state index >= 15 is 0 Å². The Labute approximate surface area is 95.3 Å². The van der Waals surface area contributed by atoms with Crippen molar-refractivity contribution in [3.05, 3.63) is 24.0 Å². The molecule has 0 radical (unpaired) electrons. The van der Waals surface area contributed by atoms with Gasteiger partial charge < -0.3 is 11.5 Å². The number of benzene rings is 1. The molecule has 0 aromatic heterocycles. The van der Waals surface area contributed by atoms with Crippen LogP contribution in [0.25, 0.3) is 0 Å². The summed E-state index contributed by atoms with van der Waals surface area (Å²) in [7, 11) is -1.48. The molecule has 0 heterocycles. The predicted octanol–water partition coefficient (Wildman–Crippen LogP) is 0.637. The molecule has 0 fully saturated rings. The zero-order chi connectivity index (χ0) is 12.3. The third-order valence-corrected chi connectivity index (χ3v) is 3.61. The van der Waals surface area contributed by atoms with Gasteiger partial charge in [-0.15, -0.1) is 0 Å². The normalized spacial score (nSPS) is 14.4. The average Bonchev–Trinajstić information content (AvgIpc) is 2.15. The fourth-order valence-electron chi connectivity index (χ4n) is 1.12. The summed E-state index contributed by atoms with van der Waals surface area (Å²) in [6.45, 7) is 1.57. The number of primary amides is 1. The molecule has 0 saturated heterocycles. The van der Waals surface area contributed by atoms with E-state index in [1.807, 2.05) is 0 Å². The maximum Gasteiger partial charge on any atom is 0.221 e. The second kappa shape index (κ2) is 5.07. The van der Waals surface area contributed by atoms with Crippen LogP contribution in [-0.4, -0.2) is 15.9 Å². The first-order chi connectivity index (χ1) is 7.40.